The lowest BCUT2D eigenvalue weighted by Gasteiger charge is -2.11. The first-order valence-electron chi connectivity index (χ1n) is 3.39. The second kappa shape index (κ2) is 5.04. The van der Waals surface area contributed by atoms with E-state index in [1.807, 2.05) is 0 Å². The molecule has 0 rings (SSSR count). The van der Waals surface area contributed by atoms with Crippen molar-refractivity contribution in [1.29, 1.82) is 0 Å². The summed E-state index contributed by atoms with van der Waals surface area (Å²) in [6, 6.07) is 2.36. The second-order valence-electron chi connectivity index (χ2n) is 3.00. The van der Waals surface area contributed by atoms with Gasteiger partial charge in [0.25, 0.3) is 0 Å². The Morgan fingerprint density at radius 1 is 1.40 bits per heavy atom. The molecule has 0 aliphatic carbocycles. The van der Waals surface area contributed by atoms with Crippen molar-refractivity contribution in [3.63, 3.8) is 0 Å². The van der Waals surface area contributed by atoms with Crippen LogP contribution in [-0.2, 0) is 0 Å². The lowest BCUT2D eigenvalue weighted by atomic mass is 10.9. The number of rotatable bonds is 4. The molecule has 0 N–H and O–H groups in total. The van der Waals surface area contributed by atoms with E-state index in [1.54, 1.807) is 0 Å². The molecule has 62 valence electrons. The Morgan fingerprint density at radius 2 is 1.90 bits per heavy atom. The van der Waals surface area contributed by atoms with Gasteiger partial charge in [0.1, 0.15) is 7.38 Å². The third-order valence-electron chi connectivity index (χ3n) is 1.19. The Morgan fingerprint density at radius 3 is 2.20 bits per heavy atom. The maximum atomic E-state index is 6.09. The summed E-state index contributed by atoms with van der Waals surface area (Å²) in [6.45, 7) is 4.31. The Labute approximate surface area is 80.8 Å². The summed E-state index contributed by atoms with van der Waals surface area (Å²) in [5.41, 5.74) is 0. The average molecular weight is 236 g/mol. The van der Waals surface area contributed by atoms with E-state index in [2.05, 4.69) is 13.1 Å². The lowest BCUT2D eigenvalue weighted by Crippen LogP contribution is -2.17. The topological polar surface area (TPSA) is 0 Å². The Bertz CT molecular complexity index is 89.4. The molecule has 0 aromatic carbocycles. The Balaban J connectivity index is 3.21. The Hall–Kier alpha value is 1.30. The SMILES string of the molecule is C[Si](C)(Cl)CC[SiH2]C(Cl)Cl. The maximum Gasteiger partial charge on any atom is 0.150 e. The highest BCUT2D eigenvalue weighted by molar-refractivity contribution is 7.19. The average Bonchev–Trinajstić information content (AvgIpc) is 1.59. The monoisotopic (exact) mass is 234 g/mol. The van der Waals surface area contributed by atoms with Crippen molar-refractivity contribution >= 4 is 51.2 Å². The molecule has 0 aliphatic heterocycles. The van der Waals surface area contributed by atoms with Crippen molar-refractivity contribution in [2.24, 2.45) is 0 Å². The van der Waals surface area contributed by atoms with Crippen molar-refractivity contribution in [2.45, 2.75) is 29.6 Å². The van der Waals surface area contributed by atoms with E-state index in [1.165, 1.54) is 6.04 Å². The zero-order chi connectivity index (χ0) is 8.20. The molecule has 0 aromatic rings. The van der Waals surface area contributed by atoms with Gasteiger partial charge in [0, 0.05) is 0 Å². The number of alkyl halides is 2. The van der Waals surface area contributed by atoms with Gasteiger partial charge in [0.15, 0.2) is 0 Å². The largest absolute Gasteiger partial charge is 0.168 e. The van der Waals surface area contributed by atoms with E-state index >= 15 is 0 Å². The summed E-state index contributed by atoms with van der Waals surface area (Å²) in [6.07, 6.45) is 0. The van der Waals surface area contributed by atoms with Crippen LogP contribution in [0.15, 0.2) is 0 Å². The molecular weight excluding hydrogens is 223 g/mol. The first-order valence-corrected chi connectivity index (χ1v) is 10.3. The van der Waals surface area contributed by atoms with Crippen LogP contribution in [0.5, 0.6) is 0 Å². The van der Waals surface area contributed by atoms with Crippen LogP contribution in [0.2, 0.25) is 25.2 Å². The molecule has 10 heavy (non-hydrogen) atoms. The molecule has 0 amide bonds. The molecule has 0 bridgehead atoms. The quantitative estimate of drug-likeness (QED) is 0.399. The third kappa shape index (κ3) is 9.30. The summed E-state index contributed by atoms with van der Waals surface area (Å²) >= 11 is 17.3. The molecule has 0 spiro atoms. The minimum atomic E-state index is -1.33. The van der Waals surface area contributed by atoms with Crippen LogP contribution in [0.3, 0.4) is 0 Å². The molecular formula is C5H13Cl3Si2. The van der Waals surface area contributed by atoms with Crippen LogP contribution in [0, 0.1) is 0 Å². The van der Waals surface area contributed by atoms with Gasteiger partial charge in [-0.25, -0.2) is 0 Å². The third-order valence-corrected chi connectivity index (χ3v) is 6.52. The summed E-state index contributed by atoms with van der Waals surface area (Å²) in [4.78, 5) is 0. The van der Waals surface area contributed by atoms with Crippen molar-refractivity contribution in [3.05, 3.63) is 0 Å². The van der Waals surface area contributed by atoms with Gasteiger partial charge in [-0.2, -0.15) is 11.1 Å². The predicted octanol–water partition coefficient (Wildman–Crippen LogP) is 2.78. The van der Waals surface area contributed by atoms with Gasteiger partial charge in [0.2, 0.25) is 0 Å². The number of hydrogen-bond acceptors (Lipinski definition) is 0. The first kappa shape index (κ1) is 11.3. The van der Waals surface area contributed by atoms with Gasteiger partial charge in [-0.1, -0.05) is 19.1 Å². The highest BCUT2D eigenvalue weighted by Gasteiger charge is 2.16. The van der Waals surface area contributed by atoms with Gasteiger partial charge in [-0.05, 0) is 6.04 Å². The van der Waals surface area contributed by atoms with E-state index < -0.39 is 7.38 Å². The van der Waals surface area contributed by atoms with E-state index in [-0.39, 0.29) is 14.0 Å². The minimum Gasteiger partial charge on any atom is -0.168 e. The summed E-state index contributed by atoms with van der Waals surface area (Å²) in [7, 11) is -1.59. The Kier molecular flexibility index (Phi) is 5.70. The normalized spacial score (nSPS) is 13.8. The van der Waals surface area contributed by atoms with Gasteiger partial charge in [-0.3, -0.25) is 0 Å². The molecule has 0 nitrogen and oxygen atoms in total. The van der Waals surface area contributed by atoms with Crippen LogP contribution in [0.1, 0.15) is 0 Å². The van der Waals surface area contributed by atoms with Gasteiger partial charge < -0.3 is 0 Å². The standard InChI is InChI=1S/C5H13Cl3Si2/c1-10(2,8)4-3-9-5(6)7/h5H,3-4,9H2,1-2H3. The fourth-order valence-electron chi connectivity index (χ4n) is 0.677. The van der Waals surface area contributed by atoms with Gasteiger partial charge in [0.05, 0.1) is 14.0 Å². The lowest BCUT2D eigenvalue weighted by molar-refractivity contribution is 1.36. The molecule has 0 unspecified atom stereocenters. The van der Waals surface area contributed by atoms with Crippen LogP contribution in [0.25, 0.3) is 0 Å². The highest BCUT2D eigenvalue weighted by Crippen LogP contribution is 2.17. The van der Waals surface area contributed by atoms with Crippen molar-refractivity contribution in [3.8, 4) is 0 Å². The van der Waals surface area contributed by atoms with E-state index in [4.69, 9.17) is 34.3 Å². The molecule has 0 radical (unpaired) electrons. The summed E-state index contributed by atoms with van der Waals surface area (Å²) in [5, 5.41) is 0. The van der Waals surface area contributed by atoms with E-state index in [0.29, 0.717) is 0 Å². The fraction of sp³-hybridized carbons (Fsp3) is 1.00. The molecule has 0 saturated carbocycles. The molecule has 0 aromatic heterocycles. The molecule has 0 heterocycles. The van der Waals surface area contributed by atoms with Crippen molar-refractivity contribution in [2.75, 3.05) is 0 Å². The zero-order valence-corrected chi connectivity index (χ0v) is 11.0. The molecule has 0 fully saturated rings. The van der Waals surface area contributed by atoms with Crippen LogP contribution in [0.4, 0.5) is 0 Å². The first-order chi connectivity index (χ1) is 4.42. The maximum absolute atomic E-state index is 6.09. The van der Waals surface area contributed by atoms with Gasteiger partial charge in [-0.15, -0.1) is 23.2 Å². The number of hydrogen-bond donors (Lipinski definition) is 0. The van der Waals surface area contributed by atoms with E-state index in [9.17, 15) is 0 Å². The number of halogens is 3. The van der Waals surface area contributed by atoms with Crippen LogP contribution >= 0.6 is 34.3 Å². The molecule has 0 aliphatic rings. The molecule has 5 heteroatoms. The predicted molar refractivity (Wildman–Crippen MR) is 57.0 cm³/mol. The highest BCUT2D eigenvalue weighted by atomic mass is 35.6. The van der Waals surface area contributed by atoms with Crippen molar-refractivity contribution in [1.82, 2.24) is 0 Å². The van der Waals surface area contributed by atoms with Crippen molar-refractivity contribution < 1.29 is 0 Å². The van der Waals surface area contributed by atoms with Crippen LogP contribution < -0.4 is 0 Å². The molecule has 0 atom stereocenters. The van der Waals surface area contributed by atoms with E-state index in [0.717, 1.165) is 6.04 Å². The van der Waals surface area contributed by atoms with Gasteiger partial charge >= 0.3 is 0 Å². The zero-order valence-electron chi connectivity index (χ0n) is 6.33. The fourth-order valence-corrected chi connectivity index (χ4v) is 7.29. The smallest absolute Gasteiger partial charge is 0.150 e. The minimum absolute atomic E-state index is 0.0759. The summed E-state index contributed by atoms with van der Waals surface area (Å²) in [5.74, 6) is 0. The van der Waals surface area contributed by atoms with Crippen LogP contribution in [-0.4, -0.2) is 21.4 Å². The molecule has 0 saturated heterocycles. The second-order valence-corrected chi connectivity index (χ2v) is 14.4. The summed E-state index contributed by atoms with van der Waals surface area (Å²) < 4.78 is -0.0759.